The van der Waals surface area contributed by atoms with Gasteiger partial charge in [-0.1, -0.05) is 42.1 Å². The zero-order valence-corrected chi connectivity index (χ0v) is 11.6. The topological polar surface area (TPSA) is 43.4 Å². The summed E-state index contributed by atoms with van der Waals surface area (Å²) in [5.74, 6) is -2.95. The van der Waals surface area contributed by atoms with E-state index in [0.29, 0.717) is 7.11 Å². The van der Waals surface area contributed by atoms with Crippen LogP contribution >= 0.6 is 11.8 Å². The molecule has 0 aliphatic rings. The van der Waals surface area contributed by atoms with Crippen molar-refractivity contribution in [3.05, 3.63) is 46.6 Å². The van der Waals surface area contributed by atoms with Crippen molar-refractivity contribution in [2.24, 2.45) is 0 Å². The van der Waals surface area contributed by atoms with E-state index in [1.54, 1.807) is 18.2 Å². The van der Waals surface area contributed by atoms with Crippen LogP contribution in [0.15, 0.2) is 41.1 Å². The number of hydrogen-bond acceptors (Lipinski definition) is 4. The minimum atomic E-state index is -5.19. The molecule has 3 nitrogen and oxygen atoms in total. The minimum Gasteiger partial charge on any atom is -0.465 e. The Morgan fingerprint density at radius 1 is 1.19 bits per heavy atom. The van der Waals surface area contributed by atoms with Crippen molar-refractivity contribution in [1.82, 2.24) is 0 Å². The summed E-state index contributed by atoms with van der Waals surface area (Å²) >= 11 is 0.000603. The van der Waals surface area contributed by atoms with Gasteiger partial charge in [0.05, 0.1) is 12.9 Å². The number of Topliss-reactive ketones (excluding diaryl/α,β-unsaturated/α-hetero) is 1. The highest BCUT2D eigenvalue weighted by Crippen LogP contribution is 2.34. The van der Waals surface area contributed by atoms with E-state index in [1.807, 2.05) is 0 Å². The lowest BCUT2D eigenvalue weighted by molar-refractivity contribution is -0.148. The number of ether oxygens (including phenoxy) is 1. The van der Waals surface area contributed by atoms with Gasteiger partial charge in [0.25, 0.3) is 0 Å². The molecular formula is C13H10F4O3S. The number of methoxy groups -OCH3 is 1. The van der Waals surface area contributed by atoms with Gasteiger partial charge in [-0.25, -0.2) is 4.79 Å². The lowest BCUT2D eigenvalue weighted by Gasteiger charge is -2.10. The van der Waals surface area contributed by atoms with Crippen LogP contribution in [0.2, 0.25) is 0 Å². The molecule has 0 amide bonds. The Labute approximate surface area is 122 Å². The molecule has 21 heavy (non-hydrogen) atoms. The number of alkyl halides is 3. The molecule has 0 N–H and O–H groups in total. The van der Waals surface area contributed by atoms with E-state index >= 15 is 0 Å². The molecule has 1 aromatic carbocycles. The highest BCUT2D eigenvalue weighted by atomic mass is 32.2. The van der Waals surface area contributed by atoms with E-state index in [2.05, 4.69) is 4.74 Å². The number of hydrogen-bond donors (Lipinski definition) is 0. The maximum atomic E-state index is 13.5. The monoisotopic (exact) mass is 322 g/mol. The van der Waals surface area contributed by atoms with Crippen LogP contribution in [0.25, 0.3) is 0 Å². The molecule has 0 fully saturated rings. The first-order valence-corrected chi connectivity index (χ1v) is 6.52. The Hall–Kier alpha value is -1.83. The van der Waals surface area contributed by atoms with E-state index in [9.17, 15) is 27.2 Å². The van der Waals surface area contributed by atoms with Crippen molar-refractivity contribution in [3.8, 4) is 0 Å². The number of ketones is 1. The molecule has 1 aromatic rings. The highest BCUT2D eigenvalue weighted by molar-refractivity contribution is 8.03. The maximum Gasteiger partial charge on any atom is 0.426 e. The Morgan fingerprint density at radius 2 is 1.76 bits per heavy atom. The van der Waals surface area contributed by atoms with Gasteiger partial charge in [-0.15, -0.1) is 0 Å². The summed E-state index contributed by atoms with van der Waals surface area (Å²) in [5, 5.41) is -1.79. The molecule has 0 bridgehead atoms. The van der Waals surface area contributed by atoms with Crippen molar-refractivity contribution >= 4 is 23.5 Å². The first-order chi connectivity index (χ1) is 9.77. The lowest BCUT2D eigenvalue weighted by atomic mass is 10.2. The molecule has 0 heterocycles. The minimum absolute atomic E-state index is 0.000603. The smallest absolute Gasteiger partial charge is 0.426 e. The lowest BCUT2D eigenvalue weighted by Crippen LogP contribution is -2.22. The summed E-state index contributed by atoms with van der Waals surface area (Å²) in [6.45, 7) is 0. The third-order valence-corrected chi connectivity index (χ3v) is 3.16. The second kappa shape index (κ2) is 7.26. The number of carbonyl (C=O) groups is 2. The average molecular weight is 322 g/mol. The predicted molar refractivity (Wildman–Crippen MR) is 69.4 cm³/mol. The standard InChI is InChI=1S/C13H10F4O3S/c1-20-12(19)10(13(15,16)17)11(14)21-7-9(18)8-5-3-2-4-6-8/h2-6H,7H2,1H3/b11-10+. The van der Waals surface area contributed by atoms with Gasteiger partial charge in [0.2, 0.25) is 0 Å². The molecule has 0 aliphatic carbocycles. The molecule has 0 spiro atoms. The fourth-order valence-corrected chi connectivity index (χ4v) is 2.09. The molecule has 0 aliphatic heterocycles. The number of benzene rings is 1. The average Bonchev–Trinajstić information content (AvgIpc) is 2.44. The van der Waals surface area contributed by atoms with Crippen molar-refractivity contribution in [1.29, 1.82) is 0 Å². The SMILES string of the molecule is COC(=O)/C(=C(/F)SCC(=O)c1ccccc1)C(F)(F)F. The molecule has 0 saturated heterocycles. The van der Waals surface area contributed by atoms with Gasteiger partial charge >= 0.3 is 12.1 Å². The van der Waals surface area contributed by atoms with Gasteiger partial charge in [-0.3, -0.25) is 4.79 Å². The van der Waals surface area contributed by atoms with Crippen LogP contribution in [0.4, 0.5) is 17.6 Å². The third-order valence-electron chi connectivity index (χ3n) is 2.30. The van der Waals surface area contributed by atoms with Crippen LogP contribution in [0.1, 0.15) is 10.4 Å². The van der Waals surface area contributed by atoms with Crippen molar-refractivity contribution in [2.75, 3.05) is 12.9 Å². The zero-order valence-electron chi connectivity index (χ0n) is 10.7. The molecule has 8 heteroatoms. The Bertz CT molecular complexity index is 552. The quantitative estimate of drug-likeness (QED) is 0.360. The predicted octanol–water partition coefficient (Wildman–Crippen LogP) is 3.52. The second-order valence-electron chi connectivity index (χ2n) is 3.72. The fourth-order valence-electron chi connectivity index (χ4n) is 1.32. The summed E-state index contributed by atoms with van der Waals surface area (Å²) in [5.41, 5.74) is -1.81. The van der Waals surface area contributed by atoms with E-state index in [1.165, 1.54) is 12.1 Å². The van der Waals surface area contributed by atoms with Gasteiger partial charge in [-0.2, -0.15) is 17.6 Å². The van der Waals surface area contributed by atoms with E-state index in [0.717, 1.165) is 0 Å². The maximum absolute atomic E-state index is 13.5. The van der Waals surface area contributed by atoms with E-state index < -0.39 is 34.4 Å². The van der Waals surface area contributed by atoms with Crippen LogP contribution in [0.3, 0.4) is 0 Å². The third kappa shape index (κ3) is 4.89. The molecular weight excluding hydrogens is 312 g/mol. The fraction of sp³-hybridized carbons (Fsp3) is 0.231. The van der Waals surface area contributed by atoms with E-state index in [-0.39, 0.29) is 17.3 Å². The van der Waals surface area contributed by atoms with Crippen LogP contribution in [0.5, 0.6) is 0 Å². The van der Waals surface area contributed by atoms with Gasteiger partial charge in [0, 0.05) is 5.56 Å². The molecule has 0 atom stereocenters. The number of carbonyl (C=O) groups excluding carboxylic acids is 2. The molecule has 0 unspecified atom stereocenters. The molecule has 0 radical (unpaired) electrons. The normalized spacial score (nSPS) is 12.6. The Balaban J connectivity index is 2.87. The zero-order chi connectivity index (χ0) is 16.0. The summed E-state index contributed by atoms with van der Waals surface area (Å²) in [6, 6.07) is 7.70. The van der Waals surface area contributed by atoms with Crippen LogP contribution in [0, 0.1) is 0 Å². The second-order valence-corrected chi connectivity index (χ2v) is 4.65. The largest absolute Gasteiger partial charge is 0.465 e. The summed E-state index contributed by atoms with van der Waals surface area (Å²) in [6.07, 6.45) is -5.19. The summed E-state index contributed by atoms with van der Waals surface area (Å²) in [4.78, 5) is 22.6. The van der Waals surface area contributed by atoms with Crippen LogP contribution < -0.4 is 0 Å². The van der Waals surface area contributed by atoms with Crippen LogP contribution in [-0.2, 0) is 9.53 Å². The number of esters is 1. The van der Waals surface area contributed by atoms with Crippen LogP contribution in [-0.4, -0.2) is 30.8 Å². The number of rotatable bonds is 5. The van der Waals surface area contributed by atoms with E-state index in [4.69, 9.17) is 0 Å². The van der Waals surface area contributed by atoms with Gasteiger partial charge in [0.15, 0.2) is 16.5 Å². The molecule has 1 rings (SSSR count). The Kier molecular flexibility index (Phi) is 5.95. The van der Waals surface area contributed by atoms with Gasteiger partial charge in [0.1, 0.15) is 0 Å². The van der Waals surface area contributed by atoms with Crippen molar-refractivity contribution < 1.29 is 31.9 Å². The summed E-state index contributed by atoms with van der Waals surface area (Å²) < 4.78 is 55.1. The molecule has 114 valence electrons. The Morgan fingerprint density at radius 3 is 2.24 bits per heavy atom. The van der Waals surface area contributed by atoms with Crippen molar-refractivity contribution in [3.63, 3.8) is 0 Å². The van der Waals surface area contributed by atoms with Gasteiger partial charge < -0.3 is 4.74 Å². The van der Waals surface area contributed by atoms with Gasteiger partial charge in [-0.05, 0) is 0 Å². The number of halogens is 4. The van der Waals surface area contributed by atoms with Crippen molar-refractivity contribution in [2.45, 2.75) is 6.18 Å². The first-order valence-electron chi connectivity index (χ1n) is 5.53. The number of thioether (sulfide) groups is 1. The highest BCUT2D eigenvalue weighted by Gasteiger charge is 2.43. The molecule has 0 aromatic heterocycles. The first kappa shape index (κ1) is 17.2. The molecule has 0 saturated carbocycles. The summed E-state index contributed by atoms with van der Waals surface area (Å²) in [7, 11) is 0.709.